The third-order valence-electron chi connectivity index (χ3n) is 4.05. The maximum atomic E-state index is 5.81. The Hall–Kier alpha value is -1.36. The third kappa shape index (κ3) is 2.14. The Balaban J connectivity index is 1.74. The Morgan fingerprint density at radius 1 is 1.39 bits per heavy atom. The van der Waals surface area contributed by atoms with E-state index in [9.17, 15) is 0 Å². The lowest BCUT2D eigenvalue weighted by Crippen LogP contribution is -2.34. The maximum absolute atomic E-state index is 5.81. The summed E-state index contributed by atoms with van der Waals surface area (Å²) >= 11 is 0. The molecule has 2 unspecified atom stereocenters. The first-order chi connectivity index (χ1) is 8.76. The van der Waals surface area contributed by atoms with Gasteiger partial charge >= 0.3 is 0 Å². The van der Waals surface area contributed by atoms with Gasteiger partial charge in [-0.1, -0.05) is 6.92 Å². The zero-order valence-electron chi connectivity index (χ0n) is 10.9. The number of aryl methyl sites for hydroxylation is 1. The summed E-state index contributed by atoms with van der Waals surface area (Å²) in [5.74, 6) is 2.27. The SMILES string of the molecule is CCc1nc(N)cc(NC2CCN3CCCC23)n1. The third-order valence-corrected chi connectivity index (χ3v) is 4.05. The minimum absolute atomic E-state index is 0.520. The lowest BCUT2D eigenvalue weighted by Gasteiger charge is -2.21. The Kier molecular flexibility index (Phi) is 3.07. The topological polar surface area (TPSA) is 67.1 Å². The molecule has 0 saturated carbocycles. The van der Waals surface area contributed by atoms with Gasteiger partial charge in [0.05, 0.1) is 0 Å². The summed E-state index contributed by atoms with van der Waals surface area (Å²) in [4.78, 5) is 11.3. The van der Waals surface area contributed by atoms with Crippen molar-refractivity contribution < 1.29 is 0 Å². The van der Waals surface area contributed by atoms with Crippen LogP contribution in [-0.2, 0) is 6.42 Å². The van der Waals surface area contributed by atoms with Crippen LogP contribution in [0, 0.1) is 0 Å². The average molecular weight is 247 g/mol. The number of anilines is 2. The largest absolute Gasteiger partial charge is 0.384 e. The fourth-order valence-corrected chi connectivity index (χ4v) is 3.19. The van der Waals surface area contributed by atoms with Gasteiger partial charge in [-0.3, -0.25) is 4.90 Å². The Bertz CT molecular complexity index is 433. The van der Waals surface area contributed by atoms with Crippen LogP contribution in [0.2, 0.25) is 0 Å². The van der Waals surface area contributed by atoms with Gasteiger partial charge in [0, 0.05) is 31.1 Å². The number of nitrogens with two attached hydrogens (primary N) is 1. The van der Waals surface area contributed by atoms with Crippen molar-refractivity contribution in [3.05, 3.63) is 11.9 Å². The van der Waals surface area contributed by atoms with Gasteiger partial charge in [-0.2, -0.15) is 0 Å². The molecule has 3 rings (SSSR count). The van der Waals surface area contributed by atoms with E-state index in [0.717, 1.165) is 18.1 Å². The Morgan fingerprint density at radius 2 is 2.28 bits per heavy atom. The van der Waals surface area contributed by atoms with Crippen LogP contribution in [0.25, 0.3) is 0 Å². The minimum Gasteiger partial charge on any atom is -0.384 e. The molecular weight excluding hydrogens is 226 g/mol. The number of rotatable bonds is 3. The molecule has 5 heteroatoms. The number of nitrogens with zero attached hydrogens (tertiary/aromatic N) is 3. The molecule has 2 aliphatic rings. The average Bonchev–Trinajstić information content (AvgIpc) is 2.93. The predicted molar refractivity (Wildman–Crippen MR) is 72.4 cm³/mol. The first-order valence-corrected chi connectivity index (χ1v) is 6.90. The van der Waals surface area contributed by atoms with Crippen LogP contribution in [0.4, 0.5) is 11.6 Å². The summed E-state index contributed by atoms with van der Waals surface area (Å²) in [5.41, 5.74) is 5.81. The van der Waals surface area contributed by atoms with E-state index in [1.807, 2.05) is 13.0 Å². The summed E-state index contributed by atoms with van der Waals surface area (Å²) in [6.07, 6.45) is 4.66. The van der Waals surface area contributed by atoms with Gasteiger partial charge in [-0.05, 0) is 25.8 Å². The highest BCUT2D eigenvalue weighted by atomic mass is 15.2. The van der Waals surface area contributed by atoms with Gasteiger partial charge in [0.1, 0.15) is 17.5 Å². The van der Waals surface area contributed by atoms with E-state index >= 15 is 0 Å². The molecule has 2 aliphatic heterocycles. The van der Waals surface area contributed by atoms with Crippen LogP contribution >= 0.6 is 0 Å². The van der Waals surface area contributed by atoms with E-state index in [1.54, 1.807) is 0 Å². The molecule has 0 aliphatic carbocycles. The normalized spacial score (nSPS) is 27.4. The molecule has 2 fully saturated rings. The summed E-state index contributed by atoms with van der Waals surface area (Å²) in [6.45, 7) is 4.52. The molecule has 1 aromatic rings. The summed E-state index contributed by atoms with van der Waals surface area (Å²) in [6, 6.07) is 3.05. The van der Waals surface area contributed by atoms with Gasteiger partial charge in [-0.15, -0.1) is 0 Å². The summed E-state index contributed by atoms with van der Waals surface area (Å²) in [7, 11) is 0. The molecular formula is C13H21N5. The smallest absolute Gasteiger partial charge is 0.132 e. The van der Waals surface area contributed by atoms with Crippen LogP contribution < -0.4 is 11.1 Å². The molecule has 0 spiro atoms. The number of aromatic nitrogens is 2. The van der Waals surface area contributed by atoms with Gasteiger partial charge < -0.3 is 11.1 Å². The monoisotopic (exact) mass is 247 g/mol. The van der Waals surface area contributed by atoms with Crippen molar-refractivity contribution in [1.82, 2.24) is 14.9 Å². The van der Waals surface area contributed by atoms with E-state index in [-0.39, 0.29) is 0 Å². The quantitative estimate of drug-likeness (QED) is 0.842. The number of hydrogen-bond acceptors (Lipinski definition) is 5. The van der Waals surface area contributed by atoms with Crippen molar-refractivity contribution in [3.8, 4) is 0 Å². The van der Waals surface area contributed by atoms with Crippen molar-refractivity contribution in [3.63, 3.8) is 0 Å². The lowest BCUT2D eigenvalue weighted by atomic mass is 10.1. The summed E-state index contributed by atoms with van der Waals surface area (Å²) < 4.78 is 0. The zero-order chi connectivity index (χ0) is 12.5. The van der Waals surface area contributed by atoms with E-state index < -0.39 is 0 Å². The molecule has 2 atom stereocenters. The van der Waals surface area contributed by atoms with Crippen molar-refractivity contribution in [2.45, 2.75) is 44.7 Å². The highest BCUT2D eigenvalue weighted by molar-refractivity contribution is 5.45. The van der Waals surface area contributed by atoms with E-state index in [0.29, 0.717) is 17.9 Å². The number of nitrogens with one attached hydrogen (secondary N) is 1. The molecule has 0 radical (unpaired) electrons. The lowest BCUT2D eigenvalue weighted by molar-refractivity contribution is 0.318. The van der Waals surface area contributed by atoms with Crippen LogP contribution in [0.3, 0.4) is 0 Å². The highest BCUT2D eigenvalue weighted by Gasteiger charge is 2.37. The number of fused-ring (bicyclic) bond motifs is 1. The standard InChI is InChI=1S/C13H21N5/c1-2-12-16-11(14)8-13(17-12)15-9-5-7-18-6-3-4-10(9)18/h8-10H,2-7H2,1H3,(H3,14,15,16,17). The Labute approximate surface area is 108 Å². The molecule has 98 valence electrons. The molecule has 0 bridgehead atoms. The van der Waals surface area contributed by atoms with Gasteiger partial charge in [0.15, 0.2) is 0 Å². The molecule has 0 aromatic carbocycles. The number of nitrogen functional groups attached to an aromatic ring is 1. The van der Waals surface area contributed by atoms with Crippen molar-refractivity contribution in [1.29, 1.82) is 0 Å². The van der Waals surface area contributed by atoms with Gasteiger partial charge in [0.2, 0.25) is 0 Å². The van der Waals surface area contributed by atoms with E-state index in [1.165, 1.54) is 32.4 Å². The zero-order valence-corrected chi connectivity index (χ0v) is 10.9. The van der Waals surface area contributed by atoms with Gasteiger partial charge in [0.25, 0.3) is 0 Å². The molecule has 1 aromatic heterocycles. The molecule has 3 N–H and O–H groups in total. The second kappa shape index (κ2) is 4.72. The highest BCUT2D eigenvalue weighted by Crippen LogP contribution is 2.29. The molecule has 2 saturated heterocycles. The molecule has 18 heavy (non-hydrogen) atoms. The first-order valence-electron chi connectivity index (χ1n) is 6.90. The van der Waals surface area contributed by atoms with Crippen LogP contribution in [-0.4, -0.2) is 40.0 Å². The van der Waals surface area contributed by atoms with Crippen molar-refractivity contribution in [2.24, 2.45) is 0 Å². The maximum Gasteiger partial charge on any atom is 0.132 e. The number of hydrogen-bond donors (Lipinski definition) is 2. The minimum atomic E-state index is 0.520. The van der Waals surface area contributed by atoms with Crippen LogP contribution in [0.15, 0.2) is 6.07 Å². The second-order valence-corrected chi connectivity index (χ2v) is 5.23. The first kappa shape index (κ1) is 11.7. The van der Waals surface area contributed by atoms with E-state index in [2.05, 4.69) is 20.2 Å². The van der Waals surface area contributed by atoms with Crippen LogP contribution in [0.5, 0.6) is 0 Å². The fraction of sp³-hybridized carbons (Fsp3) is 0.692. The van der Waals surface area contributed by atoms with E-state index in [4.69, 9.17) is 5.73 Å². The molecule has 3 heterocycles. The summed E-state index contributed by atoms with van der Waals surface area (Å²) in [5, 5.41) is 3.56. The van der Waals surface area contributed by atoms with Crippen LogP contribution in [0.1, 0.15) is 32.0 Å². The molecule has 5 nitrogen and oxygen atoms in total. The second-order valence-electron chi connectivity index (χ2n) is 5.23. The molecule has 0 amide bonds. The van der Waals surface area contributed by atoms with Gasteiger partial charge in [-0.25, -0.2) is 9.97 Å². The predicted octanol–water partition coefficient (Wildman–Crippen LogP) is 1.27. The van der Waals surface area contributed by atoms with Crippen molar-refractivity contribution in [2.75, 3.05) is 24.1 Å². The van der Waals surface area contributed by atoms with Crippen molar-refractivity contribution >= 4 is 11.6 Å². The fourth-order valence-electron chi connectivity index (χ4n) is 3.19. The Morgan fingerprint density at radius 3 is 3.11 bits per heavy atom.